The molecule has 1 aromatic heterocycles. The van der Waals surface area contributed by atoms with E-state index >= 15 is 0 Å². The van der Waals surface area contributed by atoms with Crippen molar-refractivity contribution in [1.29, 1.82) is 0 Å². The van der Waals surface area contributed by atoms with Gasteiger partial charge in [0.25, 0.3) is 0 Å². The van der Waals surface area contributed by atoms with Crippen molar-refractivity contribution in [3.05, 3.63) is 30.0 Å². The Morgan fingerprint density at radius 1 is 1.19 bits per heavy atom. The summed E-state index contributed by atoms with van der Waals surface area (Å²) in [5.74, 6) is 0.608. The lowest BCUT2D eigenvalue weighted by atomic mass is 10.1. The molecule has 0 fully saturated rings. The summed E-state index contributed by atoms with van der Waals surface area (Å²) in [5, 5.41) is 13.3. The van der Waals surface area contributed by atoms with E-state index in [4.69, 9.17) is 4.74 Å². The maximum Gasteiger partial charge on any atom is 0.241 e. The molecule has 0 aliphatic heterocycles. The molecule has 0 amide bonds. The highest BCUT2D eigenvalue weighted by Crippen LogP contribution is 2.23. The number of ether oxygens (including phenoxy) is 1. The lowest BCUT2D eigenvalue weighted by Crippen LogP contribution is -2.16. The van der Waals surface area contributed by atoms with Crippen molar-refractivity contribution in [3.63, 3.8) is 0 Å². The Bertz CT molecular complexity index is 485. The first-order valence-electron chi connectivity index (χ1n) is 5.32. The third kappa shape index (κ3) is 2.12. The summed E-state index contributed by atoms with van der Waals surface area (Å²) in [6, 6.07) is 8.01. The van der Waals surface area contributed by atoms with Crippen LogP contribution in [0.2, 0.25) is 0 Å². The minimum Gasteiger partial charge on any atom is -0.475 e. The number of aryl methyl sites for hydroxylation is 1. The Balaban J connectivity index is 2.35. The van der Waals surface area contributed by atoms with Crippen LogP contribution in [-0.2, 0) is 0 Å². The van der Waals surface area contributed by atoms with E-state index in [0.29, 0.717) is 12.5 Å². The smallest absolute Gasteiger partial charge is 0.241 e. The highest BCUT2D eigenvalue weighted by molar-refractivity contribution is 5.88. The van der Waals surface area contributed by atoms with Crippen molar-refractivity contribution in [1.82, 2.24) is 15.5 Å². The molecule has 0 saturated heterocycles. The molecule has 2 aromatic rings. The molecule has 0 radical (unpaired) electrons. The van der Waals surface area contributed by atoms with Crippen LogP contribution < -0.4 is 10.1 Å². The van der Waals surface area contributed by atoms with Crippen LogP contribution in [-0.4, -0.2) is 30.4 Å². The number of hydrogen-bond donors (Lipinski definition) is 1. The minimum atomic E-state index is 0.595. The topological polar surface area (TPSA) is 47.0 Å². The number of likely N-dealkylation sites (N-methyl/N-ethyl adjacent to an activating group) is 1. The van der Waals surface area contributed by atoms with E-state index in [9.17, 15) is 0 Å². The summed E-state index contributed by atoms with van der Waals surface area (Å²) >= 11 is 0. The van der Waals surface area contributed by atoms with Crippen LogP contribution in [0.25, 0.3) is 10.8 Å². The highest BCUT2D eigenvalue weighted by Gasteiger charge is 2.06. The summed E-state index contributed by atoms with van der Waals surface area (Å²) in [6.45, 7) is 3.34. The first-order valence-corrected chi connectivity index (χ1v) is 5.32. The zero-order valence-corrected chi connectivity index (χ0v) is 9.53. The van der Waals surface area contributed by atoms with Gasteiger partial charge in [-0.2, -0.15) is 5.10 Å². The molecule has 0 saturated carbocycles. The Morgan fingerprint density at radius 3 is 2.69 bits per heavy atom. The van der Waals surface area contributed by atoms with Crippen LogP contribution in [0.5, 0.6) is 5.88 Å². The maximum absolute atomic E-state index is 5.58. The van der Waals surface area contributed by atoms with Gasteiger partial charge in [-0.05, 0) is 20.0 Å². The number of fused-ring (bicyclic) bond motifs is 1. The van der Waals surface area contributed by atoms with Crippen LogP contribution in [0.3, 0.4) is 0 Å². The first-order chi connectivity index (χ1) is 7.83. The van der Waals surface area contributed by atoms with E-state index in [1.165, 1.54) is 0 Å². The second-order valence-corrected chi connectivity index (χ2v) is 3.59. The van der Waals surface area contributed by atoms with Gasteiger partial charge in [-0.15, -0.1) is 5.10 Å². The van der Waals surface area contributed by atoms with E-state index in [2.05, 4.69) is 15.5 Å². The Hall–Kier alpha value is -1.68. The van der Waals surface area contributed by atoms with Gasteiger partial charge >= 0.3 is 0 Å². The average molecular weight is 217 g/mol. The van der Waals surface area contributed by atoms with Crippen molar-refractivity contribution in [2.45, 2.75) is 6.92 Å². The molecular formula is C12H15N3O. The number of rotatable bonds is 4. The average Bonchev–Trinajstić information content (AvgIpc) is 2.33. The molecule has 4 heteroatoms. The van der Waals surface area contributed by atoms with Gasteiger partial charge in [0, 0.05) is 17.3 Å². The van der Waals surface area contributed by atoms with Crippen LogP contribution in [0, 0.1) is 6.92 Å². The number of hydrogen-bond acceptors (Lipinski definition) is 4. The van der Waals surface area contributed by atoms with E-state index in [1.54, 1.807) is 0 Å². The quantitative estimate of drug-likeness (QED) is 0.789. The van der Waals surface area contributed by atoms with Gasteiger partial charge in [0.1, 0.15) is 6.61 Å². The molecule has 0 unspecified atom stereocenters. The predicted octanol–water partition coefficient (Wildman–Crippen LogP) is 1.54. The number of benzene rings is 1. The number of aromatic nitrogens is 2. The molecule has 1 N–H and O–H groups in total. The van der Waals surface area contributed by atoms with Crippen LogP contribution >= 0.6 is 0 Å². The highest BCUT2D eigenvalue weighted by atomic mass is 16.5. The molecule has 0 atom stereocenters. The molecular weight excluding hydrogens is 202 g/mol. The molecule has 84 valence electrons. The first kappa shape index (κ1) is 10.8. The van der Waals surface area contributed by atoms with E-state index in [-0.39, 0.29) is 0 Å². The molecule has 1 heterocycles. The molecule has 16 heavy (non-hydrogen) atoms. The molecule has 0 bridgehead atoms. The third-order valence-corrected chi connectivity index (χ3v) is 2.43. The lowest BCUT2D eigenvalue weighted by Gasteiger charge is -2.08. The fourth-order valence-corrected chi connectivity index (χ4v) is 1.57. The van der Waals surface area contributed by atoms with Crippen LogP contribution in [0.4, 0.5) is 0 Å². The van der Waals surface area contributed by atoms with Crippen LogP contribution in [0.1, 0.15) is 5.69 Å². The lowest BCUT2D eigenvalue weighted by molar-refractivity contribution is 0.307. The monoisotopic (exact) mass is 217 g/mol. The molecule has 0 aliphatic rings. The van der Waals surface area contributed by atoms with Crippen molar-refractivity contribution in [3.8, 4) is 5.88 Å². The normalized spacial score (nSPS) is 10.6. The predicted molar refractivity (Wildman–Crippen MR) is 63.7 cm³/mol. The standard InChI is InChI=1S/C12H15N3O/c1-9-10-5-3-4-6-11(10)12(15-14-9)16-8-7-13-2/h3-6,13H,7-8H2,1-2H3. The van der Waals surface area contributed by atoms with Gasteiger partial charge in [-0.1, -0.05) is 18.2 Å². The molecule has 4 nitrogen and oxygen atoms in total. The molecule has 0 aliphatic carbocycles. The minimum absolute atomic E-state index is 0.595. The maximum atomic E-state index is 5.58. The zero-order chi connectivity index (χ0) is 11.4. The molecule has 0 spiro atoms. The summed E-state index contributed by atoms with van der Waals surface area (Å²) in [6.07, 6.45) is 0. The van der Waals surface area contributed by atoms with Gasteiger partial charge in [0.15, 0.2) is 0 Å². The Kier molecular flexibility index (Phi) is 3.31. The summed E-state index contributed by atoms with van der Waals surface area (Å²) in [5.41, 5.74) is 0.927. The summed E-state index contributed by atoms with van der Waals surface area (Å²) in [7, 11) is 1.89. The second-order valence-electron chi connectivity index (χ2n) is 3.59. The summed E-state index contributed by atoms with van der Waals surface area (Å²) in [4.78, 5) is 0. The van der Waals surface area contributed by atoms with E-state index in [1.807, 2.05) is 38.2 Å². The van der Waals surface area contributed by atoms with Gasteiger partial charge in [-0.3, -0.25) is 0 Å². The second kappa shape index (κ2) is 4.90. The van der Waals surface area contributed by atoms with Crippen LogP contribution in [0.15, 0.2) is 24.3 Å². The van der Waals surface area contributed by atoms with E-state index in [0.717, 1.165) is 23.0 Å². The van der Waals surface area contributed by atoms with E-state index < -0.39 is 0 Å². The van der Waals surface area contributed by atoms with Crippen molar-refractivity contribution in [2.75, 3.05) is 20.2 Å². The molecule has 2 rings (SSSR count). The van der Waals surface area contributed by atoms with Gasteiger partial charge < -0.3 is 10.1 Å². The van der Waals surface area contributed by atoms with Crippen molar-refractivity contribution < 1.29 is 4.74 Å². The van der Waals surface area contributed by atoms with Crippen molar-refractivity contribution in [2.24, 2.45) is 0 Å². The third-order valence-electron chi connectivity index (χ3n) is 2.43. The Labute approximate surface area is 94.6 Å². The largest absolute Gasteiger partial charge is 0.475 e. The number of nitrogens with zero attached hydrogens (tertiary/aromatic N) is 2. The van der Waals surface area contributed by atoms with Crippen molar-refractivity contribution >= 4 is 10.8 Å². The Morgan fingerprint density at radius 2 is 1.94 bits per heavy atom. The van der Waals surface area contributed by atoms with Gasteiger partial charge in [0.2, 0.25) is 5.88 Å². The van der Waals surface area contributed by atoms with Gasteiger partial charge in [0.05, 0.1) is 5.69 Å². The summed E-state index contributed by atoms with van der Waals surface area (Å²) < 4.78 is 5.58. The fourth-order valence-electron chi connectivity index (χ4n) is 1.57. The zero-order valence-electron chi connectivity index (χ0n) is 9.53. The number of nitrogens with one attached hydrogen (secondary N) is 1. The molecule has 1 aromatic carbocycles. The SMILES string of the molecule is CNCCOc1nnc(C)c2ccccc12. The van der Waals surface area contributed by atoms with Gasteiger partial charge in [-0.25, -0.2) is 0 Å². The fraction of sp³-hybridized carbons (Fsp3) is 0.333.